The van der Waals surface area contributed by atoms with Crippen LogP contribution < -0.4 is 10.6 Å². The highest BCUT2D eigenvalue weighted by Gasteiger charge is 2.80. The minimum atomic E-state index is -1.14. The second-order valence-corrected chi connectivity index (χ2v) is 11.6. The molecule has 3 saturated heterocycles. The summed E-state index contributed by atoms with van der Waals surface area (Å²) in [6, 6.07) is 7.53. The van der Waals surface area contributed by atoms with Crippen molar-refractivity contribution in [2.75, 3.05) is 13.2 Å². The summed E-state index contributed by atoms with van der Waals surface area (Å²) < 4.78 is 6.71. The highest BCUT2D eigenvalue weighted by Crippen LogP contribution is 2.65. The Morgan fingerprint density at radius 3 is 2.46 bits per heavy atom. The molecule has 3 heterocycles. The van der Waals surface area contributed by atoms with E-state index in [1.807, 2.05) is 71.9 Å². The van der Waals surface area contributed by atoms with Crippen molar-refractivity contribution in [2.45, 2.75) is 83.2 Å². The minimum absolute atomic E-state index is 0.0295. The molecule has 0 aromatic heterocycles. The van der Waals surface area contributed by atoms with Gasteiger partial charge in [-0.05, 0) is 52.0 Å². The average Bonchev–Trinajstić information content (AvgIpc) is 3.29. The van der Waals surface area contributed by atoms with Crippen LogP contribution in [-0.2, 0) is 19.1 Å². The zero-order chi connectivity index (χ0) is 25.8. The third kappa shape index (κ3) is 3.95. The fourth-order valence-electron chi connectivity index (χ4n) is 6.54. The van der Waals surface area contributed by atoms with Crippen LogP contribution >= 0.6 is 0 Å². The van der Waals surface area contributed by atoms with Gasteiger partial charge in [-0.1, -0.05) is 44.2 Å². The highest BCUT2D eigenvalue weighted by atomic mass is 16.5. The van der Waals surface area contributed by atoms with Gasteiger partial charge in [0.25, 0.3) is 0 Å². The van der Waals surface area contributed by atoms with Crippen LogP contribution in [0.1, 0.15) is 66.0 Å². The Labute approximate surface area is 207 Å². The van der Waals surface area contributed by atoms with E-state index in [4.69, 9.17) is 4.74 Å². The van der Waals surface area contributed by atoms with Crippen LogP contribution in [0.25, 0.3) is 0 Å². The van der Waals surface area contributed by atoms with Gasteiger partial charge in [-0.15, -0.1) is 0 Å². The van der Waals surface area contributed by atoms with E-state index in [0.29, 0.717) is 13.0 Å². The molecule has 4 rings (SSSR count). The summed E-state index contributed by atoms with van der Waals surface area (Å²) in [4.78, 5) is 43.1. The molecule has 192 valence electrons. The molecule has 7 atom stereocenters. The molecule has 3 aliphatic rings. The van der Waals surface area contributed by atoms with Gasteiger partial charge in [0.2, 0.25) is 17.7 Å². The first-order chi connectivity index (χ1) is 16.4. The van der Waals surface area contributed by atoms with Crippen LogP contribution in [0.4, 0.5) is 0 Å². The van der Waals surface area contributed by atoms with Gasteiger partial charge in [-0.2, -0.15) is 0 Å². The fraction of sp³-hybridized carbons (Fsp3) is 0.667. The van der Waals surface area contributed by atoms with Crippen LogP contribution in [-0.4, -0.2) is 63.7 Å². The third-order valence-electron chi connectivity index (χ3n) is 8.02. The smallest absolute Gasteiger partial charge is 0.246 e. The first-order valence-corrected chi connectivity index (χ1v) is 12.7. The standard InChI is InChI=1S/C27H39N3O5/c1-7-13-28-22(32)19-20-24(34)30(18(15-31)17-11-9-8-10-12-17)21(23(33)29-25(3,4)5)27(20)14-16(2)26(19,6)35-27/h8-12,16,18-21,31H,7,13-15H2,1-6H3,(H,28,32)(H,29,33)/t16?,18-,19+,20+,21?,26-,27?/m1/s1. The molecule has 3 unspecified atom stereocenters. The van der Waals surface area contributed by atoms with Gasteiger partial charge in [0.1, 0.15) is 11.6 Å². The predicted molar refractivity (Wildman–Crippen MR) is 131 cm³/mol. The number of amides is 3. The number of hydrogen-bond donors (Lipinski definition) is 3. The lowest BCUT2D eigenvalue weighted by atomic mass is 9.62. The normalized spacial score (nSPS) is 34.6. The van der Waals surface area contributed by atoms with Crippen molar-refractivity contribution in [2.24, 2.45) is 17.8 Å². The number of rotatable bonds is 7. The molecule has 35 heavy (non-hydrogen) atoms. The van der Waals surface area contributed by atoms with E-state index < -0.39 is 40.7 Å². The molecule has 8 heteroatoms. The maximum Gasteiger partial charge on any atom is 0.246 e. The van der Waals surface area contributed by atoms with Crippen LogP contribution in [0.2, 0.25) is 0 Å². The molecule has 0 radical (unpaired) electrons. The summed E-state index contributed by atoms with van der Waals surface area (Å²) in [7, 11) is 0. The summed E-state index contributed by atoms with van der Waals surface area (Å²) in [5.74, 6) is -2.39. The topological polar surface area (TPSA) is 108 Å². The first kappa shape index (κ1) is 25.6. The van der Waals surface area contributed by atoms with Gasteiger partial charge in [0.05, 0.1) is 30.1 Å². The van der Waals surface area contributed by atoms with Gasteiger partial charge < -0.3 is 25.4 Å². The molecule has 3 N–H and O–H groups in total. The number of nitrogens with one attached hydrogen (secondary N) is 2. The molecule has 1 aromatic carbocycles. The minimum Gasteiger partial charge on any atom is -0.394 e. The quantitative estimate of drug-likeness (QED) is 0.549. The van der Waals surface area contributed by atoms with E-state index in [2.05, 4.69) is 10.6 Å². The van der Waals surface area contributed by atoms with E-state index >= 15 is 0 Å². The molecular weight excluding hydrogens is 446 g/mol. The van der Waals surface area contributed by atoms with E-state index in [1.54, 1.807) is 0 Å². The van der Waals surface area contributed by atoms with Gasteiger partial charge in [0, 0.05) is 12.1 Å². The summed E-state index contributed by atoms with van der Waals surface area (Å²) in [6.07, 6.45) is 1.27. The first-order valence-electron chi connectivity index (χ1n) is 12.7. The van der Waals surface area contributed by atoms with Gasteiger partial charge in [0.15, 0.2) is 0 Å². The number of benzene rings is 1. The molecule has 3 amide bonds. The number of aliphatic hydroxyl groups excluding tert-OH is 1. The Morgan fingerprint density at radius 1 is 1.23 bits per heavy atom. The predicted octanol–water partition coefficient (Wildman–Crippen LogP) is 2.17. The Hall–Kier alpha value is -2.45. The lowest BCUT2D eigenvalue weighted by molar-refractivity contribution is -0.151. The van der Waals surface area contributed by atoms with E-state index in [9.17, 15) is 19.5 Å². The Bertz CT molecular complexity index is 992. The SMILES string of the molecule is CCCNC(=O)[C@@H]1[C@H]2C(=O)N([C@H](CO)c3ccccc3)C(C(=O)NC(C)(C)C)C23CC(C)[C@@]1(C)O3. The molecule has 3 fully saturated rings. The zero-order valence-electron chi connectivity index (χ0n) is 21.6. The van der Waals surface area contributed by atoms with Crippen LogP contribution in [0.15, 0.2) is 30.3 Å². The maximum atomic E-state index is 14.2. The van der Waals surface area contributed by atoms with Crippen molar-refractivity contribution in [3.63, 3.8) is 0 Å². The van der Waals surface area contributed by atoms with Crippen molar-refractivity contribution in [3.8, 4) is 0 Å². The second-order valence-electron chi connectivity index (χ2n) is 11.6. The van der Waals surface area contributed by atoms with Crippen molar-refractivity contribution < 1.29 is 24.2 Å². The summed E-state index contributed by atoms with van der Waals surface area (Å²) in [5.41, 5.74) is -1.80. The van der Waals surface area contributed by atoms with Gasteiger partial charge in [-0.25, -0.2) is 0 Å². The van der Waals surface area contributed by atoms with Gasteiger partial charge >= 0.3 is 0 Å². The molecule has 2 bridgehead atoms. The Kier molecular flexibility index (Phi) is 6.51. The Morgan fingerprint density at radius 2 is 1.89 bits per heavy atom. The number of carbonyl (C=O) groups is 3. The zero-order valence-corrected chi connectivity index (χ0v) is 21.6. The van der Waals surface area contributed by atoms with Crippen molar-refractivity contribution in [1.82, 2.24) is 15.5 Å². The number of aliphatic hydroxyl groups is 1. The average molecular weight is 486 g/mol. The molecule has 0 aliphatic carbocycles. The summed E-state index contributed by atoms with van der Waals surface area (Å²) in [5, 5.41) is 16.5. The molecule has 3 aliphatic heterocycles. The molecule has 0 saturated carbocycles. The number of nitrogens with zero attached hydrogens (tertiary/aromatic N) is 1. The van der Waals surface area contributed by atoms with Crippen molar-refractivity contribution in [3.05, 3.63) is 35.9 Å². The number of carbonyl (C=O) groups excluding carboxylic acids is 3. The monoisotopic (exact) mass is 485 g/mol. The highest BCUT2D eigenvalue weighted by molar-refractivity contribution is 5.99. The van der Waals surface area contributed by atoms with Crippen LogP contribution in [0.5, 0.6) is 0 Å². The van der Waals surface area contributed by atoms with Crippen LogP contribution in [0.3, 0.4) is 0 Å². The number of ether oxygens (including phenoxy) is 1. The van der Waals surface area contributed by atoms with E-state index in [1.165, 1.54) is 4.90 Å². The van der Waals surface area contributed by atoms with Crippen LogP contribution in [0, 0.1) is 17.8 Å². The van der Waals surface area contributed by atoms with Gasteiger partial charge in [-0.3, -0.25) is 14.4 Å². The summed E-state index contributed by atoms with van der Waals surface area (Å²) in [6.45, 7) is 11.7. The van der Waals surface area contributed by atoms with Crippen molar-refractivity contribution in [1.29, 1.82) is 0 Å². The maximum absolute atomic E-state index is 14.2. The molecular formula is C27H39N3O5. The lowest BCUT2D eigenvalue weighted by Gasteiger charge is -2.38. The van der Waals surface area contributed by atoms with E-state index in [0.717, 1.165) is 12.0 Å². The second kappa shape index (κ2) is 8.89. The lowest BCUT2D eigenvalue weighted by Crippen LogP contribution is -2.59. The fourth-order valence-corrected chi connectivity index (χ4v) is 6.54. The third-order valence-corrected chi connectivity index (χ3v) is 8.02. The largest absolute Gasteiger partial charge is 0.394 e. The number of likely N-dealkylation sites (tertiary alicyclic amines) is 1. The number of fused-ring (bicyclic) bond motifs is 1. The molecule has 8 nitrogen and oxygen atoms in total. The van der Waals surface area contributed by atoms with Crippen molar-refractivity contribution >= 4 is 17.7 Å². The molecule has 1 aromatic rings. The number of hydrogen-bond acceptors (Lipinski definition) is 5. The van der Waals surface area contributed by atoms with E-state index in [-0.39, 0.29) is 30.2 Å². The molecule has 1 spiro atoms. The Balaban J connectivity index is 1.85. The summed E-state index contributed by atoms with van der Waals surface area (Å²) >= 11 is 0.